The van der Waals surface area contributed by atoms with Crippen molar-refractivity contribution >= 4 is 11.7 Å². The van der Waals surface area contributed by atoms with Gasteiger partial charge in [-0.05, 0) is 48.6 Å². The van der Waals surface area contributed by atoms with E-state index in [1.165, 1.54) is 6.07 Å². The van der Waals surface area contributed by atoms with E-state index < -0.39 is 0 Å². The molecule has 25 heavy (non-hydrogen) atoms. The molecule has 1 aliphatic heterocycles. The molecule has 1 aromatic heterocycles. The van der Waals surface area contributed by atoms with Crippen molar-refractivity contribution in [1.82, 2.24) is 15.1 Å². The van der Waals surface area contributed by atoms with Gasteiger partial charge < -0.3 is 10.2 Å². The molecule has 4 rings (SSSR count). The van der Waals surface area contributed by atoms with Crippen LogP contribution in [-0.2, 0) is 17.8 Å². The van der Waals surface area contributed by atoms with Gasteiger partial charge in [0.05, 0.1) is 5.69 Å². The highest BCUT2D eigenvalue weighted by Gasteiger charge is 2.46. The smallest absolute Gasteiger partial charge is 0.226 e. The quantitative estimate of drug-likeness (QED) is 0.930. The second kappa shape index (κ2) is 6.43. The molecule has 1 aliphatic carbocycles. The van der Waals surface area contributed by atoms with Crippen molar-refractivity contribution in [2.75, 3.05) is 18.4 Å². The largest absolute Gasteiger partial charge is 0.369 e. The fourth-order valence-electron chi connectivity index (χ4n) is 3.59. The number of nitrogens with one attached hydrogen (secondary N) is 1. The zero-order valence-corrected chi connectivity index (χ0v) is 14.2. The summed E-state index contributed by atoms with van der Waals surface area (Å²) in [6, 6.07) is 8.59. The first-order valence-corrected chi connectivity index (χ1v) is 8.79. The molecule has 2 aliphatic rings. The summed E-state index contributed by atoms with van der Waals surface area (Å²) < 4.78 is 13.4. The van der Waals surface area contributed by atoms with Gasteiger partial charge in [-0.25, -0.2) is 4.39 Å². The molecule has 5 nitrogen and oxygen atoms in total. The first-order chi connectivity index (χ1) is 12.2. The lowest BCUT2D eigenvalue weighted by molar-refractivity contribution is -0.133. The van der Waals surface area contributed by atoms with Crippen LogP contribution in [0.25, 0.3) is 0 Å². The zero-order chi connectivity index (χ0) is 17.4. The molecule has 0 saturated heterocycles. The Balaban J connectivity index is 1.45. The Morgan fingerprint density at radius 2 is 2.24 bits per heavy atom. The number of hydrogen-bond acceptors (Lipinski definition) is 4. The molecular weight excluding hydrogens is 319 g/mol. The second-order valence-electron chi connectivity index (χ2n) is 6.75. The number of fused-ring (bicyclic) bond motifs is 1. The standard InChI is InChI=1S/C19H21FN4O/c1-2-21-18-9-13-11-24(7-6-17(13)22-23-18)19(25)16-10-15(16)12-4-3-5-14(20)8-12/h3-5,8-9,15-16H,2,6-7,10-11H2,1H3,(H,21,23). The van der Waals surface area contributed by atoms with Crippen LogP contribution in [0.15, 0.2) is 30.3 Å². The van der Waals surface area contributed by atoms with Gasteiger partial charge in [0.15, 0.2) is 0 Å². The van der Waals surface area contributed by atoms with Gasteiger partial charge in [-0.15, -0.1) is 5.10 Å². The lowest BCUT2D eigenvalue weighted by Gasteiger charge is -2.28. The van der Waals surface area contributed by atoms with E-state index in [1.807, 2.05) is 24.0 Å². The first kappa shape index (κ1) is 16.0. The molecule has 2 unspecified atom stereocenters. The Kier molecular flexibility index (Phi) is 4.11. The summed E-state index contributed by atoms with van der Waals surface area (Å²) in [7, 11) is 0. The average molecular weight is 340 g/mol. The maximum absolute atomic E-state index is 13.4. The number of carbonyl (C=O) groups is 1. The fraction of sp³-hybridized carbons (Fsp3) is 0.421. The maximum atomic E-state index is 13.4. The van der Waals surface area contributed by atoms with Crippen molar-refractivity contribution in [1.29, 1.82) is 0 Å². The van der Waals surface area contributed by atoms with E-state index in [0.29, 0.717) is 13.1 Å². The molecule has 1 aromatic carbocycles. The first-order valence-electron chi connectivity index (χ1n) is 8.79. The molecule has 130 valence electrons. The minimum atomic E-state index is -0.239. The molecule has 2 heterocycles. The molecule has 6 heteroatoms. The average Bonchev–Trinajstić information content (AvgIpc) is 3.41. The van der Waals surface area contributed by atoms with E-state index in [1.54, 1.807) is 12.1 Å². The van der Waals surface area contributed by atoms with Gasteiger partial charge in [0.2, 0.25) is 5.91 Å². The Morgan fingerprint density at radius 3 is 3.04 bits per heavy atom. The van der Waals surface area contributed by atoms with Crippen molar-refractivity contribution in [2.24, 2.45) is 5.92 Å². The van der Waals surface area contributed by atoms with Crippen LogP contribution in [0.5, 0.6) is 0 Å². The van der Waals surface area contributed by atoms with Crippen LogP contribution in [0.4, 0.5) is 10.2 Å². The van der Waals surface area contributed by atoms with Gasteiger partial charge in [-0.3, -0.25) is 4.79 Å². The fourth-order valence-corrected chi connectivity index (χ4v) is 3.59. The Bertz CT molecular complexity index is 810. The van der Waals surface area contributed by atoms with E-state index in [2.05, 4.69) is 15.5 Å². The Morgan fingerprint density at radius 1 is 1.36 bits per heavy atom. The van der Waals surface area contributed by atoms with Gasteiger partial charge >= 0.3 is 0 Å². The Labute approximate surface area is 146 Å². The third-order valence-corrected chi connectivity index (χ3v) is 4.99. The van der Waals surface area contributed by atoms with Gasteiger partial charge in [0.25, 0.3) is 0 Å². The summed E-state index contributed by atoms with van der Waals surface area (Å²) in [6.45, 7) is 4.05. The molecule has 1 N–H and O–H groups in total. The molecular formula is C19H21FN4O. The normalized spacial score (nSPS) is 21.6. The molecule has 0 spiro atoms. The van der Waals surface area contributed by atoms with Crippen molar-refractivity contribution in [3.63, 3.8) is 0 Å². The van der Waals surface area contributed by atoms with E-state index in [4.69, 9.17) is 0 Å². The number of halogens is 1. The van der Waals surface area contributed by atoms with E-state index in [0.717, 1.165) is 42.0 Å². The van der Waals surface area contributed by atoms with Crippen LogP contribution in [-0.4, -0.2) is 34.1 Å². The number of carbonyl (C=O) groups excluding carboxylic acids is 1. The predicted molar refractivity (Wildman–Crippen MR) is 92.6 cm³/mol. The molecule has 0 bridgehead atoms. The van der Waals surface area contributed by atoms with E-state index in [-0.39, 0.29) is 23.6 Å². The summed E-state index contributed by atoms with van der Waals surface area (Å²) >= 11 is 0. The predicted octanol–water partition coefficient (Wildman–Crippen LogP) is 2.74. The van der Waals surface area contributed by atoms with Crippen molar-refractivity contribution < 1.29 is 9.18 Å². The van der Waals surface area contributed by atoms with Crippen LogP contribution in [0, 0.1) is 11.7 Å². The van der Waals surface area contributed by atoms with Crippen molar-refractivity contribution in [3.8, 4) is 0 Å². The Hall–Kier alpha value is -2.50. The highest BCUT2D eigenvalue weighted by molar-refractivity contribution is 5.83. The summed E-state index contributed by atoms with van der Waals surface area (Å²) in [4.78, 5) is 14.7. The lowest BCUT2D eigenvalue weighted by atomic mass is 10.0. The lowest BCUT2D eigenvalue weighted by Crippen LogP contribution is -2.37. The molecule has 0 radical (unpaired) electrons. The minimum absolute atomic E-state index is 0.0219. The van der Waals surface area contributed by atoms with Crippen LogP contribution in [0.3, 0.4) is 0 Å². The summed E-state index contributed by atoms with van der Waals surface area (Å²) in [5, 5.41) is 11.6. The monoisotopic (exact) mass is 340 g/mol. The molecule has 2 aromatic rings. The third kappa shape index (κ3) is 3.21. The summed E-state index contributed by atoms with van der Waals surface area (Å²) in [6.07, 6.45) is 1.54. The van der Waals surface area contributed by atoms with Crippen LogP contribution in [0.1, 0.15) is 36.1 Å². The van der Waals surface area contributed by atoms with Crippen LogP contribution < -0.4 is 5.32 Å². The van der Waals surface area contributed by atoms with Crippen molar-refractivity contribution in [2.45, 2.75) is 32.2 Å². The van der Waals surface area contributed by atoms with Crippen molar-refractivity contribution in [3.05, 3.63) is 53.0 Å². The van der Waals surface area contributed by atoms with Crippen LogP contribution in [0.2, 0.25) is 0 Å². The topological polar surface area (TPSA) is 58.1 Å². The maximum Gasteiger partial charge on any atom is 0.226 e. The molecule has 1 saturated carbocycles. The number of hydrogen-bond donors (Lipinski definition) is 1. The molecule has 1 amide bonds. The number of anilines is 1. The van der Waals surface area contributed by atoms with E-state index >= 15 is 0 Å². The number of nitrogens with zero attached hydrogens (tertiary/aromatic N) is 3. The summed E-state index contributed by atoms with van der Waals surface area (Å²) in [5.74, 6) is 0.808. The van der Waals surface area contributed by atoms with Gasteiger partial charge in [-0.1, -0.05) is 12.1 Å². The van der Waals surface area contributed by atoms with Gasteiger partial charge in [0.1, 0.15) is 11.6 Å². The minimum Gasteiger partial charge on any atom is -0.369 e. The number of aromatic nitrogens is 2. The van der Waals surface area contributed by atoms with Crippen LogP contribution >= 0.6 is 0 Å². The zero-order valence-electron chi connectivity index (χ0n) is 14.2. The molecule has 2 atom stereocenters. The van der Waals surface area contributed by atoms with Gasteiger partial charge in [0, 0.05) is 32.0 Å². The summed E-state index contributed by atoms with van der Waals surface area (Å²) in [5.41, 5.74) is 2.97. The molecule has 1 fully saturated rings. The SMILES string of the molecule is CCNc1cc2c(nn1)CCN(C(=O)C1CC1c1cccc(F)c1)C2. The third-order valence-electron chi connectivity index (χ3n) is 4.99. The highest BCUT2D eigenvalue weighted by atomic mass is 19.1. The van der Waals surface area contributed by atoms with Gasteiger partial charge in [-0.2, -0.15) is 5.10 Å². The number of benzene rings is 1. The van der Waals surface area contributed by atoms with E-state index in [9.17, 15) is 9.18 Å². The highest BCUT2D eigenvalue weighted by Crippen LogP contribution is 2.48. The second-order valence-corrected chi connectivity index (χ2v) is 6.75. The number of amides is 1. The number of rotatable bonds is 4.